The zero-order valence-corrected chi connectivity index (χ0v) is 13.8. The Morgan fingerprint density at radius 3 is 3.00 bits per heavy atom. The van der Waals surface area contributed by atoms with Gasteiger partial charge < -0.3 is 14.7 Å². The Kier molecular flexibility index (Phi) is 3.91. The lowest BCUT2D eigenvalue weighted by molar-refractivity contribution is -0.115. The van der Waals surface area contributed by atoms with Crippen LogP contribution in [0.4, 0.5) is 5.95 Å². The third-order valence-corrected chi connectivity index (χ3v) is 4.05. The number of para-hydroxylation sites is 2. The number of hydrogen-bond acceptors (Lipinski definition) is 4. The van der Waals surface area contributed by atoms with Gasteiger partial charge in [-0.15, -0.1) is 0 Å². The van der Waals surface area contributed by atoms with Crippen LogP contribution in [0.3, 0.4) is 0 Å². The molecule has 0 atom stereocenters. The molecule has 126 valence electrons. The lowest BCUT2D eigenvalue weighted by atomic mass is 10.3. The normalized spacial score (nSPS) is 11.2. The van der Waals surface area contributed by atoms with Gasteiger partial charge in [-0.2, -0.15) is 0 Å². The van der Waals surface area contributed by atoms with Crippen LogP contribution in [0.25, 0.3) is 16.7 Å². The van der Waals surface area contributed by atoms with Crippen LogP contribution < -0.4 is 10.6 Å². The molecule has 4 aromatic rings. The second kappa shape index (κ2) is 6.37. The molecule has 7 heteroatoms. The Morgan fingerprint density at radius 1 is 1.24 bits per heavy atom. The van der Waals surface area contributed by atoms with Crippen LogP contribution in [-0.4, -0.2) is 31.8 Å². The smallest absolute Gasteiger partial charge is 0.240 e. The number of hydrogen-bond donors (Lipinski definition) is 3. The van der Waals surface area contributed by atoms with E-state index in [-0.39, 0.29) is 12.5 Å². The molecule has 0 aliphatic heterocycles. The Morgan fingerprint density at radius 2 is 2.12 bits per heavy atom. The van der Waals surface area contributed by atoms with Crippen molar-refractivity contribution in [2.75, 3.05) is 11.9 Å². The highest BCUT2D eigenvalue weighted by Gasteiger charge is 2.08. The minimum absolute atomic E-state index is 0.149. The molecule has 1 amide bonds. The van der Waals surface area contributed by atoms with Crippen molar-refractivity contribution in [3.05, 3.63) is 60.0 Å². The Balaban J connectivity index is 1.36. The molecular weight excluding hydrogens is 316 g/mol. The van der Waals surface area contributed by atoms with Crippen LogP contribution in [-0.2, 0) is 11.3 Å². The van der Waals surface area contributed by atoms with Crippen LogP contribution >= 0.6 is 0 Å². The fourth-order valence-electron chi connectivity index (χ4n) is 2.83. The van der Waals surface area contributed by atoms with Crippen molar-refractivity contribution in [1.82, 2.24) is 24.7 Å². The Labute approximate surface area is 144 Å². The number of aryl methyl sites for hydroxylation is 1. The molecule has 0 saturated carbocycles. The van der Waals surface area contributed by atoms with Gasteiger partial charge in [0.2, 0.25) is 11.9 Å². The highest BCUT2D eigenvalue weighted by molar-refractivity contribution is 5.92. The maximum Gasteiger partial charge on any atom is 0.240 e. The average Bonchev–Trinajstić information content (AvgIpc) is 3.19. The second-order valence-electron chi connectivity index (χ2n) is 5.89. The zero-order valence-electron chi connectivity index (χ0n) is 13.8. The fraction of sp³-hybridized carbons (Fsp3) is 0.167. The van der Waals surface area contributed by atoms with E-state index in [9.17, 15) is 4.79 Å². The number of aromatic nitrogens is 4. The molecule has 1 aromatic carbocycles. The molecule has 7 nitrogen and oxygen atoms in total. The molecule has 0 unspecified atom stereocenters. The summed E-state index contributed by atoms with van der Waals surface area (Å²) in [5.41, 5.74) is 4.79. The lowest BCUT2D eigenvalue weighted by Crippen LogP contribution is -2.28. The predicted octanol–water partition coefficient (Wildman–Crippen LogP) is 2.25. The third kappa shape index (κ3) is 3.09. The molecule has 0 saturated heterocycles. The van der Waals surface area contributed by atoms with Gasteiger partial charge in [0.05, 0.1) is 29.5 Å². The van der Waals surface area contributed by atoms with Gasteiger partial charge in [-0.05, 0) is 30.7 Å². The van der Waals surface area contributed by atoms with Crippen molar-refractivity contribution in [3.63, 3.8) is 0 Å². The van der Waals surface area contributed by atoms with Gasteiger partial charge in [-0.1, -0.05) is 18.2 Å². The highest BCUT2D eigenvalue weighted by Crippen LogP contribution is 2.13. The van der Waals surface area contributed by atoms with Gasteiger partial charge in [0.1, 0.15) is 5.65 Å². The topological polar surface area (TPSA) is 87.1 Å². The summed E-state index contributed by atoms with van der Waals surface area (Å²) in [5.74, 6) is 0.308. The quantitative estimate of drug-likeness (QED) is 0.522. The van der Waals surface area contributed by atoms with E-state index in [0.29, 0.717) is 12.5 Å². The molecule has 0 radical (unpaired) electrons. The lowest BCUT2D eigenvalue weighted by Gasteiger charge is -2.05. The molecule has 0 fully saturated rings. The maximum absolute atomic E-state index is 12.1. The first kappa shape index (κ1) is 15.3. The first-order valence-electron chi connectivity index (χ1n) is 8.07. The van der Waals surface area contributed by atoms with Gasteiger partial charge in [0.15, 0.2) is 0 Å². The molecule has 25 heavy (non-hydrogen) atoms. The number of H-pyrrole nitrogens is 1. The molecule has 0 aliphatic rings. The average molecular weight is 334 g/mol. The number of pyridine rings is 1. The summed E-state index contributed by atoms with van der Waals surface area (Å²) in [6, 6.07) is 11.7. The summed E-state index contributed by atoms with van der Waals surface area (Å²) in [6.45, 7) is 2.77. The summed E-state index contributed by atoms with van der Waals surface area (Å²) in [5, 5.41) is 5.91. The molecule has 3 N–H and O–H groups in total. The van der Waals surface area contributed by atoms with E-state index in [1.807, 2.05) is 60.1 Å². The number of anilines is 1. The van der Waals surface area contributed by atoms with Crippen LogP contribution in [0.15, 0.2) is 48.8 Å². The standard InChI is InChI=1S/C18H18N6O/c1-12-5-4-8-24-13(10-20-17(12)24)9-19-11-16(25)23-18-21-14-6-2-3-7-15(14)22-18/h2-8,10,19H,9,11H2,1H3,(H2,21,22,23,25). The number of aromatic amines is 1. The molecule has 3 aromatic heterocycles. The number of carbonyl (C=O) groups is 1. The third-order valence-electron chi connectivity index (χ3n) is 4.05. The van der Waals surface area contributed by atoms with Gasteiger partial charge in [-0.25, -0.2) is 9.97 Å². The Hall–Kier alpha value is -3.19. The molecular formula is C18H18N6O. The van der Waals surface area contributed by atoms with Crippen molar-refractivity contribution >= 4 is 28.5 Å². The summed E-state index contributed by atoms with van der Waals surface area (Å²) in [4.78, 5) is 23.9. The highest BCUT2D eigenvalue weighted by atomic mass is 16.2. The number of carbonyl (C=O) groups excluding carboxylic acids is 1. The number of nitrogens with zero attached hydrogens (tertiary/aromatic N) is 3. The maximum atomic E-state index is 12.1. The minimum Gasteiger partial charge on any atom is -0.324 e. The van der Waals surface area contributed by atoms with E-state index in [1.54, 1.807) is 0 Å². The predicted molar refractivity (Wildman–Crippen MR) is 96.4 cm³/mol. The number of nitrogens with one attached hydrogen (secondary N) is 3. The van der Waals surface area contributed by atoms with Gasteiger partial charge in [0, 0.05) is 12.7 Å². The summed E-state index contributed by atoms with van der Waals surface area (Å²) in [7, 11) is 0. The van der Waals surface area contributed by atoms with Gasteiger partial charge in [-0.3, -0.25) is 10.1 Å². The first-order chi connectivity index (χ1) is 12.2. The molecule has 4 rings (SSSR count). The number of amides is 1. The number of imidazole rings is 2. The fourth-order valence-corrected chi connectivity index (χ4v) is 2.83. The van der Waals surface area contributed by atoms with E-state index in [0.717, 1.165) is 27.9 Å². The number of fused-ring (bicyclic) bond motifs is 2. The van der Waals surface area contributed by atoms with Crippen LogP contribution in [0.1, 0.15) is 11.3 Å². The minimum atomic E-state index is -0.149. The summed E-state index contributed by atoms with van der Waals surface area (Å²) >= 11 is 0. The van der Waals surface area contributed by atoms with Crippen LogP contribution in [0.2, 0.25) is 0 Å². The first-order valence-corrected chi connectivity index (χ1v) is 8.07. The van der Waals surface area contributed by atoms with Crippen molar-refractivity contribution in [3.8, 4) is 0 Å². The van der Waals surface area contributed by atoms with Crippen LogP contribution in [0.5, 0.6) is 0 Å². The van der Waals surface area contributed by atoms with Crippen LogP contribution in [0, 0.1) is 6.92 Å². The van der Waals surface area contributed by atoms with E-state index < -0.39 is 0 Å². The van der Waals surface area contributed by atoms with E-state index >= 15 is 0 Å². The summed E-state index contributed by atoms with van der Waals surface area (Å²) in [6.07, 6.45) is 3.80. The monoisotopic (exact) mass is 334 g/mol. The van der Waals surface area contributed by atoms with Crippen molar-refractivity contribution < 1.29 is 4.79 Å². The largest absolute Gasteiger partial charge is 0.324 e. The molecule has 0 bridgehead atoms. The SMILES string of the molecule is Cc1cccn2c(CNCC(=O)Nc3nc4ccccc4[nH]3)cnc12. The van der Waals surface area contributed by atoms with E-state index in [1.165, 1.54) is 0 Å². The number of benzene rings is 1. The van der Waals surface area contributed by atoms with E-state index in [2.05, 4.69) is 25.6 Å². The molecule has 0 aliphatic carbocycles. The van der Waals surface area contributed by atoms with Gasteiger partial charge in [0.25, 0.3) is 0 Å². The van der Waals surface area contributed by atoms with Crippen molar-refractivity contribution in [1.29, 1.82) is 0 Å². The van der Waals surface area contributed by atoms with Gasteiger partial charge >= 0.3 is 0 Å². The van der Waals surface area contributed by atoms with Crippen molar-refractivity contribution in [2.45, 2.75) is 13.5 Å². The number of rotatable bonds is 5. The van der Waals surface area contributed by atoms with E-state index in [4.69, 9.17) is 0 Å². The second-order valence-corrected chi connectivity index (χ2v) is 5.89. The summed E-state index contributed by atoms with van der Waals surface area (Å²) < 4.78 is 2.03. The molecule has 3 heterocycles. The molecule has 0 spiro atoms. The van der Waals surface area contributed by atoms with Crippen molar-refractivity contribution in [2.24, 2.45) is 0 Å². The zero-order chi connectivity index (χ0) is 17.2. The Bertz CT molecular complexity index is 1020.